The van der Waals surface area contributed by atoms with Crippen molar-refractivity contribution in [1.29, 1.82) is 0 Å². The molecule has 0 aliphatic heterocycles. The highest BCUT2D eigenvalue weighted by Crippen LogP contribution is 2.35. The van der Waals surface area contributed by atoms with Crippen LogP contribution in [0.5, 0.6) is 11.5 Å². The number of anilines is 2. The molecule has 0 aliphatic rings. The van der Waals surface area contributed by atoms with Crippen LogP contribution in [0.15, 0.2) is 30.3 Å². The van der Waals surface area contributed by atoms with Gasteiger partial charge >= 0.3 is 0 Å². The summed E-state index contributed by atoms with van der Waals surface area (Å²) in [5.74, 6) is 0.610. The van der Waals surface area contributed by atoms with E-state index in [-0.39, 0.29) is 12.5 Å². The van der Waals surface area contributed by atoms with Gasteiger partial charge in [0.2, 0.25) is 5.91 Å². The van der Waals surface area contributed by atoms with Crippen molar-refractivity contribution < 1.29 is 14.3 Å². The smallest absolute Gasteiger partial charge is 0.243 e. The monoisotopic (exact) mass is 388 g/mol. The number of nitrogens with one attached hydrogen (secondary N) is 2. The lowest BCUT2D eigenvalue weighted by Crippen LogP contribution is -2.22. The van der Waals surface area contributed by atoms with E-state index in [4.69, 9.17) is 44.3 Å². The van der Waals surface area contributed by atoms with Gasteiger partial charge in [-0.2, -0.15) is 0 Å². The fraction of sp³-hybridized carbons (Fsp3) is 0.188. The van der Waals surface area contributed by atoms with Gasteiger partial charge in [0.1, 0.15) is 11.5 Å². The summed E-state index contributed by atoms with van der Waals surface area (Å²) in [5, 5.41) is 6.99. The first-order valence-electron chi connectivity index (χ1n) is 6.84. The fourth-order valence-electron chi connectivity index (χ4n) is 1.99. The number of carbonyl (C=O) groups is 1. The minimum Gasteiger partial charge on any atom is -0.495 e. The Morgan fingerprint density at radius 1 is 0.958 bits per heavy atom. The van der Waals surface area contributed by atoms with Crippen LogP contribution in [-0.2, 0) is 4.79 Å². The number of benzene rings is 2. The summed E-state index contributed by atoms with van der Waals surface area (Å²) in [4.78, 5) is 12.1. The molecule has 0 saturated carbocycles. The Hall–Kier alpha value is -1.82. The van der Waals surface area contributed by atoms with E-state index in [9.17, 15) is 4.79 Å². The summed E-state index contributed by atoms with van der Waals surface area (Å²) in [6, 6.07) is 8.12. The summed E-state index contributed by atoms with van der Waals surface area (Å²) >= 11 is 17.9. The molecule has 0 aliphatic carbocycles. The minimum absolute atomic E-state index is 0.0173. The molecule has 2 aromatic rings. The lowest BCUT2D eigenvalue weighted by atomic mass is 10.2. The summed E-state index contributed by atoms with van der Waals surface area (Å²) < 4.78 is 10.3. The quantitative estimate of drug-likeness (QED) is 0.751. The second-order valence-corrected chi connectivity index (χ2v) is 6.03. The standard InChI is InChI=1S/C16H15Cl3N2O3/c1-23-14-7-15(24-2)13(6-12(14)19)21-16(22)8-20-11-4-9(17)3-10(18)5-11/h3-7,20H,8H2,1-2H3,(H,21,22). The number of ether oxygens (including phenoxy) is 2. The largest absolute Gasteiger partial charge is 0.495 e. The van der Waals surface area contributed by atoms with Crippen LogP contribution in [0.2, 0.25) is 15.1 Å². The number of rotatable bonds is 6. The Labute approximate surface area is 154 Å². The summed E-state index contributed by atoms with van der Waals surface area (Å²) in [7, 11) is 2.99. The zero-order valence-corrected chi connectivity index (χ0v) is 15.2. The number of hydrogen-bond donors (Lipinski definition) is 2. The Balaban J connectivity index is 2.05. The molecule has 2 N–H and O–H groups in total. The first kappa shape index (κ1) is 18.5. The average Bonchev–Trinajstić information content (AvgIpc) is 2.52. The molecule has 2 aromatic carbocycles. The highest BCUT2D eigenvalue weighted by Gasteiger charge is 2.12. The van der Waals surface area contributed by atoms with Crippen LogP contribution in [-0.4, -0.2) is 26.7 Å². The number of amides is 1. The average molecular weight is 390 g/mol. The van der Waals surface area contributed by atoms with E-state index in [0.29, 0.717) is 37.9 Å². The molecule has 0 heterocycles. The first-order chi connectivity index (χ1) is 11.4. The van der Waals surface area contributed by atoms with Crippen molar-refractivity contribution in [1.82, 2.24) is 0 Å². The van der Waals surface area contributed by atoms with Crippen molar-refractivity contribution >= 4 is 52.1 Å². The number of methoxy groups -OCH3 is 2. The molecule has 0 atom stereocenters. The molecule has 1 amide bonds. The summed E-state index contributed by atoms with van der Waals surface area (Å²) in [6.45, 7) is 0.0173. The maximum absolute atomic E-state index is 12.1. The lowest BCUT2D eigenvalue weighted by Gasteiger charge is -2.13. The third-order valence-corrected chi connectivity index (χ3v) is 3.80. The summed E-state index contributed by atoms with van der Waals surface area (Å²) in [6.07, 6.45) is 0. The van der Waals surface area contributed by atoms with Crippen molar-refractivity contribution in [2.45, 2.75) is 0 Å². The minimum atomic E-state index is -0.286. The van der Waals surface area contributed by atoms with Gasteiger partial charge in [-0.1, -0.05) is 34.8 Å². The molecule has 8 heteroatoms. The molecule has 24 heavy (non-hydrogen) atoms. The second kappa shape index (κ2) is 8.33. The Bertz CT molecular complexity index is 733. The van der Waals surface area contributed by atoms with E-state index < -0.39 is 0 Å². The van der Waals surface area contributed by atoms with Crippen LogP contribution in [0, 0.1) is 0 Å². The van der Waals surface area contributed by atoms with E-state index in [2.05, 4.69) is 10.6 Å². The Morgan fingerprint density at radius 2 is 1.58 bits per heavy atom. The molecule has 0 radical (unpaired) electrons. The highest BCUT2D eigenvalue weighted by molar-refractivity contribution is 6.35. The van der Waals surface area contributed by atoms with Gasteiger partial charge in [0.15, 0.2) is 0 Å². The zero-order chi connectivity index (χ0) is 17.7. The molecule has 0 saturated heterocycles. The van der Waals surface area contributed by atoms with Gasteiger partial charge in [0.05, 0.1) is 31.5 Å². The van der Waals surface area contributed by atoms with E-state index >= 15 is 0 Å². The third kappa shape index (κ3) is 4.84. The van der Waals surface area contributed by atoms with Gasteiger partial charge in [-0.15, -0.1) is 0 Å². The molecule has 0 fully saturated rings. The second-order valence-electron chi connectivity index (χ2n) is 4.75. The zero-order valence-electron chi connectivity index (χ0n) is 13.0. The van der Waals surface area contributed by atoms with Crippen molar-refractivity contribution in [3.63, 3.8) is 0 Å². The highest BCUT2D eigenvalue weighted by atomic mass is 35.5. The van der Waals surface area contributed by atoms with Gasteiger partial charge in [-0.25, -0.2) is 0 Å². The maximum atomic E-state index is 12.1. The number of hydrogen-bond acceptors (Lipinski definition) is 4. The van der Waals surface area contributed by atoms with E-state index in [1.54, 1.807) is 30.3 Å². The van der Waals surface area contributed by atoms with Gasteiger partial charge in [0.25, 0.3) is 0 Å². The molecule has 128 valence electrons. The van der Waals surface area contributed by atoms with Gasteiger partial charge in [0, 0.05) is 21.8 Å². The Morgan fingerprint density at radius 3 is 2.17 bits per heavy atom. The maximum Gasteiger partial charge on any atom is 0.243 e. The molecule has 0 aromatic heterocycles. The van der Waals surface area contributed by atoms with Crippen molar-refractivity contribution in [2.75, 3.05) is 31.4 Å². The topological polar surface area (TPSA) is 59.6 Å². The van der Waals surface area contributed by atoms with Gasteiger partial charge in [-0.05, 0) is 24.3 Å². The van der Waals surface area contributed by atoms with Crippen LogP contribution >= 0.6 is 34.8 Å². The number of carbonyl (C=O) groups excluding carboxylic acids is 1. The lowest BCUT2D eigenvalue weighted by molar-refractivity contribution is -0.114. The predicted octanol–water partition coefficient (Wildman–Crippen LogP) is 4.71. The fourth-order valence-corrected chi connectivity index (χ4v) is 2.76. The third-order valence-electron chi connectivity index (χ3n) is 3.06. The predicted molar refractivity (Wildman–Crippen MR) is 98.1 cm³/mol. The van der Waals surface area contributed by atoms with Crippen LogP contribution in [0.3, 0.4) is 0 Å². The molecule has 0 unspecified atom stereocenters. The molecule has 5 nitrogen and oxygen atoms in total. The van der Waals surface area contributed by atoms with Gasteiger partial charge in [-0.3, -0.25) is 4.79 Å². The molecular weight excluding hydrogens is 375 g/mol. The summed E-state index contributed by atoms with van der Waals surface area (Å²) in [5.41, 5.74) is 1.08. The van der Waals surface area contributed by atoms with Gasteiger partial charge < -0.3 is 20.1 Å². The Kier molecular flexibility index (Phi) is 6.43. The number of halogens is 3. The van der Waals surface area contributed by atoms with Crippen molar-refractivity contribution in [2.24, 2.45) is 0 Å². The van der Waals surface area contributed by atoms with Crippen molar-refractivity contribution in [3.05, 3.63) is 45.4 Å². The molecule has 0 bridgehead atoms. The van der Waals surface area contributed by atoms with Crippen LogP contribution in [0.4, 0.5) is 11.4 Å². The van der Waals surface area contributed by atoms with E-state index in [0.717, 1.165) is 0 Å². The van der Waals surface area contributed by atoms with Crippen molar-refractivity contribution in [3.8, 4) is 11.5 Å². The van der Waals surface area contributed by atoms with E-state index in [1.165, 1.54) is 14.2 Å². The van der Waals surface area contributed by atoms with E-state index in [1.807, 2.05) is 0 Å². The first-order valence-corrected chi connectivity index (χ1v) is 7.97. The normalized spacial score (nSPS) is 10.2. The molecular formula is C16H15Cl3N2O3. The van der Waals surface area contributed by atoms with Crippen LogP contribution < -0.4 is 20.1 Å². The van der Waals surface area contributed by atoms with Crippen LogP contribution in [0.1, 0.15) is 0 Å². The molecule has 2 rings (SSSR count). The SMILES string of the molecule is COc1cc(OC)c(NC(=O)CNc2cc(Cl)cc(Cl)c2)cc1Cl. The molecule has 0 spiro atoms. The van der Waals surface area contributed by atoms with Crippen LogP contribution in [0.25, 0.3) is 0 Å².